The Balaban J connectivity index is 2.88. The first kappa shape index (κ1) is 14.4. The highest BCUT2D eigenvalue weighted by molar-refractivity contribution is 7.86. The lowest BCUT2D eigenvalue weighted by molar-refractivity contribution is -0.138. The van der Waals surface area contributed by atoms with E-state index in [0.29, 0.717) is 13.0 Å². The Morgan fingerprint density at radius 1 is 1.47 bits per heavy atom. The molecule has 0 bridgehead atoms. The molecular weight excluding hydrogens is 244 g/mol. The Kier molecular flexibility index (Phi) is 4.51. The summed E-state index contributed by atoms with van der Waals surface area (Å²) in [6.07, 6.45) is 0.722. The highest BCUT2D eigenvalue weighted by Crippen LogP contribution is 2.24. The van der Waals surface area contributed by atoms with Crippen LogP contribution in [0.3, 0.4) is 0 Å². The van der Waals surface area contributed by atoms with Crippen LogP contribution in [0.15, 0.2) is 0 Å². The van der Waals surface area contributed by atoms with Gasteiger partial charge in [-0.3, -0.25) is 4.79 Å². The number of rotatable bonds is 4. The Bertz CT molecular complexity index is 382. The first-order valence-corrected chi connectivity index (χ1v) is 7.13. The van der Waals surface area contributed by atoms with E-state index in [1.165, 1.54) is 15.7 Å². The third-order valence-corrected chi connectivity index (χ3v) is 5.23. The normalized spacial score (nSPS) is 27.8. The van der Waals surface area contributed by atoms with Crippen molar-refractivity contribution >= 4 is 16.2 Å². The summed E-state index contributed by atoms with van der Waals surface area (Å²) in [7, 11) is -1.91. The summed E-state index contributed by atoms with van der Waals surface area (Å²) in [6.45, 7) is 4.34. The number of carbonyl (C=O) groups is 1. The summed E-state index contributed by atoms with van der Waals surface area (Å²) in [5.74, 6) is -1.03. The van der Waals surface area contributed by atoms with Gasteiger partial charge in [-0.2, -0.15) is 17.0 Å². The van der Waals surface area contributed by atoms with Crippen molar-refractivity contribution in [2.24, 2.45) is 5.92 Å². The molecule has 100 valence electrons. The molecule has 0 aromatic heterocycles. The molecule has 1 heterocycles. The van der Waals surface area contributed by atoms with Crippen molar-refractivity contribution in [1.29, 1.82) is 0 Å². The lowest BCUT2D eigenvalue weighted by atomic mass is 10.0. The second-order valence-corrected chi connectivity index (χ2v) is 6.57. The molecule has 0 amide bonds. The Hall–Kier alpha value is -0.660. The summed E-state index contributed by atoms with van der Waals surface area (Å²) < 4.78 is 26.8. The van der Waals surface area contributed by atoms with Crippen molar-refractivity contribution in [3.05, 3.63) is 0 Å². The van der Waals surface area contributed by atoms with Gasteiger partial charge in [-0.15, -0.1) is 0 Å². The minimum Gasteiger partial charge on any atom is -0.481 e. The third-order valence-electron chi connectivity index (χ3n) is 3.19. The predicted molar refractivity (Wildman–Crippen MR) is 63.8 cm³/mol. The molecule has 0 radical (unpaired) electrons. The molecule has 1 fully saturated rings. The van der Waals surface area contributed by atoms with Gasteiger partial charge in [0.25, 0.3) is 10.2 Å². The van der Waals surface area contributed by atoms with Gasteiger partial charge < -0.3 is 5.11 Å². The second kappa shape index (κ2) is 5.32. The molecule has 1 rings (SSSR count). The zero-order chi connectivity index (χ0) is 13.2. The molecule has 0 spiro atoms. The monoisotopic (exact) mass is 264 g/mol. The van der Waals surface area contributed by atoms with Gasteiger partial charge in [0, 0.05) is 26.2 Å². The summed E-state index contributed by atoms with van der Waals surface area (Å²) in [5, 5.41) is 8.78. The number of hydrogen-bond acceptors (Lipinski definition) is 3. The van der Waals surface area contributed by atoms with Crippen molar-refractivity contribution in [2.45, 2.75) is 32.7 Å². The fourth-order valence-corrected chi connectivity index (χ4v) is 3.79. The highest BCUT2D eigenvalue weighted by atomic mass is 32.2. The average molecular weight is 264 g/mol. The van der Waals surface area contributed by atoms with E-state index in [4.69, 9.17) is 5.11 Å². The molecule has 0 aromatic carbocycles. The van der Waals surface area contributed by atoms with E-state index in [0.717, 1.165) is 0 Å². The van der Waals surface area contributed by atoms with Crippen LogP contribution < -0.4 is 0 Å². The minimum absolute atomic E-state index is 0.00674. The van der Waals surface area contributed by atoms with Crippen molar-refractivity contribution in [2.75, 3.05) is 20.1 Å². The summed E-state index contributed by atoms with van der Waals surface area (Å²) >= 11 is 0. The quantitative estimate of drug-likeness (QED) is 0.795. The summed E-state index contributed by atoms with van der Waals surface area (Å²) in [4.78, 5) is 10.7. The number of hydrogen-bond donors (Lipinski definition) is 1. The van der Waals surface area contributed by atoms with Crippen LogP contribution in [-0.4, -0.2) is 54.3 Å². The van der Waals surface area contributed by atoms with Crippen LogP contribution in [0.2, 0.25) is 0 Å². The van der Waals surface area contributed by atoms with E-state index in [1.54, 1.807) is 0 Å². The van der Waals surface area contributed by atoms with Crippen molar-refractivity contribution in [3.8, 4) is 0 Å². The van der Waals surface area contributed by atoms with E-state index in [1.807, 2.05) is 13.8 Å². The summed E-state index contributed by atoms with van der Waals surface area (Å²) in [5.41, 5.74) is 0. The number of aliphatic carboxylic acids is 1. The number of nitrogens with zero attached hydrogens (tertiary/aromatic N) is 2. The molecule has 7 heteroatoms. The van der Waals surface area contributed by atoms with Crippen molar-refractivity contribution in [1.82, 2.24) is 8.61 Å². The van der Waals surface area contributed by atoms with Gasteiger partial charge in [0.1, 0.15) is 0 Å². The number of carboxylic acids is 1. The number of carboxylic acid groups (broad SMARTS) is 1. The highest BCUT2D eigenvalue weighted by Gasteiger charge is 2.38. The van der Waals surface area contributed by atoms with Gasteiger partial charge >= 0.3 is 5.97 Å². The first-order chi connectivity index (χ1) is 7.78. The van der Waals surface area contributed by atoms with E-state index in [2.05, 4.69) is 0 Å². The Labute approximate surface area is 102 Å². The van der Waals surface area contributed by atoms with Gasteiger partial charge in [0.2, 0.25) is 0 Å². The van der Waals surface area contributed by atoms with Gasteiger partial charge in [0.15, 0.2) is 0 Å². The second-order valence-electron chi connectivity index (χ2n) is 4.58. The van der Waals surface area contributed by atoms with Crippen LogP contribution in [0, 0.1) is 5.92 Å². The molecule has 17 heavy (non-hydrogen) atoms. The van der Waals surface area contributed by atoms with Crippen molar-refractivity contribution < 1.29 is 18.3 Å². The molecule has 6 nitrogen and oxygen atoms in total. The molecule has 2 unspecified atom stereocenters. The van der Waals surface area contributed by atoms with Crippen LogP contribution in [0.25, 0.3) is 0 Å². The molecule has 0 aromatic rings. The van der Waals surface area contributed by atoms with E-state index < -0.39 is 16.2 Å². The van der Waals surface area contributed by atoms with Crippen LogP contribution in [0.1, 0.15) is 26.7 Å². The fraction of sp³-hybridized carbons (Fsp3) is 0.900. The maximum Gasteiger partial charge on any atom is 0.303 e. The Morgan fingerprint density at radius 3 is 2.53 bits per heavy atom. The average Bonchev–Trinajstić information content (AvgIpc) is 2.21. The molecule has 0 saturated carbocycles. The minimum atomic E-state index is -3.41. The van der Waals surface area contributed by atoms with Gasteiger partial charge in [0.05, 0.1) is 6.42 Å². The van der Waals surface area contributed by atoms with E-state index in [-0.39, 0.29) is 24.9 Å². The van der Waals surface area contributed by atoms with Gasteiger partial charge in [-0.1, -0.05) is 6.92 Å². The standard InChI is InChI=1S/C10H20N2O4S/c1-4-8(2)12-7-9(5-10(13)14)6-11(3)17(12,15)16/h8-9H,4-7H2,1-3H3,(H,13,14). The molecule has 1 saturated heterocycles. The summed E-state index contributed by atoms with van der Waals surface area (Å²) in [6, 6.07) is -0.0981. The van der Waals surface area contributed by atoms with Crippen LogP contribution in [0.5, 0.6) is 0 Å². The molecule has 2 atom stereocenters. The van der Waals surface area contributed by atoms with Crippen molar-refractivity contribution in [3.63, 3.8) is 0 Å². The lowest BCUT2D eigenvalue weighted by Crippen LogP contribution is -2.55. The maximum absolute atomic E-state index is 12.0. The molecule has 0 aliphatic carbocycles. The fourth-order valence-electron chi connectivity index (χ4n) is 2.03. The van der Waals surface area contributed by atoms with E-state index in [9.17, 15) is 13.2 Å². The molecule has 1 N–H and O–H groups in total. The molecule has 1 aliphatic rings. The predicted octanol–water partition coefficient (Wildman–Crippen LogP) is 0.368. The zero-order valence-electron chi connectivity index (χ0n) is 10.5. The lowest BCUT2D eigenvalue weighted by Gasteiger charge is -2.39. The third kappa shape index (κ3) is 3.17. The van der Waals surface area contributed by atoms with E-state index >= 15 is 0 Å². The zero-order valence-corrected chi connectivity index (χ0v) is 11.3. The topological polar surface area (TPSA) is 77.9 Å². The Morgan fingerprint density at radius 2 is 2.06 bits per heavy atom. The first-order valence-electron chi connectivity index (χ1n) is 5.74. The van der Waals surface area contributed by atoms with Crippen LogP contribution in [0.4, 0.5) is 0 Å². The smallest absolute Gasteiger partial charge is 0.303 e. The maximum atomic E-state index is 12.0. The van der Waals surface area contributed by atoms with Gasteiger partial charge in [-0.05, 0) is 19.3 Å². The van der Waals surface area contributed by atoms with Crippen LogP contribution >= 0.6 is 0 Å². The SMILES string of the molecule is CCC(C)N1CC(CC(=O)O)CN(C)S1(=O)=O. The van der Waals surface area contributed by atoms with Crippen LogP contribution in [-0.2, 0) is 15.0 Å². The largest absolute Gasteiger partial charge is 0.481 e. The van der Waals surface area contributed by atoms with Gasteiger partial charge in [-0.25, -0.2) is 0 Å². The molecule has 1 aliphatic heterocycles. The molecular formula is C10H20N2O4S.